The van der Waals surface area contributed by atoms with Gasteiger partial charge in [-0.25, -0.2) is 0 Å². The molecule has 0 spiro atoms. The monoisotopic (exact) mass is 372 g/mol. The number of anilines is 1. The molecule has 4 aromatic rings. The molecule has 0 aliphatic heterocycles. The number of hydrogen-bond donors (Lipinski definition) is 2. The van der Waals surface area contributed by atoms with E-state index in [-0.39, 0.29) is 11.5 Å². The summed E-state index contributed by atoms with van der Waals surface area (Å²) in [7, 11) is 0. The van der Waals surface area contributed by atoms with E-state index < -0.39 is 11.8 Å². The summed E-state index contributed by atoms with van der Waals surface area (Å²) in [4.78, 5) is 25.1. The normalized spacial score (nSPS) is 11.4. The van der Waals surface area contributed by atoms with E-state index >= 15 is 0 Å². The molecule has 0 fully saturated rings. The van der Waals surface area contributed by atoms with Crippen LogP contribution < -0.4 is 10.6 Å². The third kappa shape index (κ3) is 3.86. The second-order valence-corrected chi connectivity index (χ2v) is 6.02. The average molecular weight is 372 g/mol. The summed E-state index contributed by atoms with van der Waals surface area (Å²) in [5, 5.41) is 7.44. The molecule has 0 aliphatic carbocycles. The number of hydrogen-bond acceptors (Lipinski definition) is 4. The summed E-state index contributed by atoms with van der Waals surface area (Å²) >= 11 is 0. The van der Waals surface area contributed by atoms with Gasteiger partial charge in [0.15, 0.2) is 5.76 Å². The molecule has 6 heteroatoms. The van der Waals surface area contributed by atoms with Crippen molar-refractivity contribution in [1.29, 1.82) is 0 Å². The molecular weight excluding hydrogens is 356 g/mol. The SMILES string of the molecule is O=C(Nc1ccc2ccccc2c1)C(=Cc1ccco1)NC(=O)c1ccco1. The number of rotatable bonds is 5. The zero-order chi connectivity index (χ0) is 19.3. The van der Waals surface area contributed by atoms with E-state index in [1.807, 2.05) is 36.4 Å². The maximum atomic E-state index is 12.8. The highest BCUT2D eigenvalue weighted by Crippen LogP contribution is 2.19. The number of amides is 2. The number of furan rings is 2. The first-order valence-electron chi connectivity index (χ1n) is 8.59. The lowest BCUT2D eigenvalue weighted by Gasteiger charge is -2.10. The Labute approximate surface area is 160 Å². The van der Waals surface area contributed by atoms with E-state index in [1.54, 1.807) is 24.3 Å². The summed E-state index contributed by atoms with van der Waals surface area (Å²) < 4.78 is 10.3. The molecule has 0 unspecified atom stereocenters. The molecule has 0 bridgehead atoms. The fraction of sp³-hybridized carbons (Fsp3) is 0. The third-order valence-corrected chi connectivity index (χ3v) is 4.07. The first kappa shape index (κ1) is 17.4. The van der Waals surface area contributed by atoms with E-state index in [1.165, 1.54) is 24.7 Å². The van der Waals surface area contributed by atoms with E-state index in [0.717, 1.165) is 10.8 Å². The molecule has 0 saturated carbocycles. The minimum atomic E-state index is -0.531. The Hall–Kier alpha value is -4.06. The molecule has 2 heterocycles. The van der Waals surface area contributed by atoms with Crippen molar-refractivity contribution in [3.05, 3.63) is 96.5 Å². The summed E-state index contributed by atoms with van der Waals surface area (Å²) in [6.45, 7) is 0. The summed E-state index contributed by atoms with van der Waals surface area (Å²) in [6.07, 6.45) is 4.33. The van der Waals surface area contributed by atoms with Crippen LogP contribution in [0.1, 0.15) is 16.3 Å². The highest BCUT2D eigenvalue weighted by molar-refractivity contribution is 6.10. The standard InChI is InChI=1S/C22H16N2O4/c25-21(23-17-10-9-15-5-1-2-6-16(15)13-17)19(14-18-7-3-11-27-18)24-22(26)20-8-4-12-28-20/h1-14H,(H,23,25)(H,24,26). The van der Waals surface area contributed by atoms with Gasteiger partial charge in [-0.2, -0.15) is 0 Å². The maximum absolute atomic E-state index is 12.8. The second-order valence-electron chi connectivity index (χ2n) is 6.02. The van der Waals surface area contributed by atoms with E-state index in [0.29, 0.717) is 11.4 Å². The molecule has 28 heavy (non-hydrogen) atoms. The molecular formula is C22H16N2O4. The lowest BCUT2D eigenvalue weighted by molar-refractivity contribution is -0.113. The lowest BCUT2D eigenvalue weighted by atomic mass is 10.1. The minimum absolute atomic E-state index is 0.0320. The fourth-order valence-corrected chi connectivity index (χ4v) is 2.73. The highest BCUT2D eigenvalue weighted by atomic mass is 16.3. The van der Waals surface area contributed by atoms with Gasteiger partial charge in [0, 0.05) is 11.8 Å². The van der Waals surface area contributed by atoms with Crippen molar-refractivity contribution in [2.75, 3.05) is 5.32 Å². The molecule has 0 atom stereocenters. The van der Waals surface area contributed by atoms with Crippen LogP contribution in [-0.2, 0) is 4.79 Å². The van der Waals surface area contributed by atoms with Crippen molar-refractivity contribution in [3.8, 4) is 0 Å². The van der Waals surface area contributed by atoms with Gasteiger partial charge >= 0.3 is 0 Å². The van der Waals surface area contributed by atoms with Gasteiger partial charge in [-0.1, -0.05) is 30.3 Å². The number of nitrogens with one attached hydrogen (secondary N) is 2. The molecule has 0 saturated heterocycles. The van der Waals surface area contributed by atoms with Gasteiger partial charge in [0.05, 0.1) is 12.5 Å². The molecule has 2 aromatic heterocycles. The van der Waals surface area contributed by atoms with Crippen LogP contribution >= 0.6 is 0 Å². The van der Waals surface area contributed by atoms with Crippen molar-refractivity contribution in [1.82, 2.24) is 5.32 Å². The van der Waals surface area contributed by atoms with Gasteiger partial charge in [0.2, 0.25) is 0 Å². The van der Waals surface area contributed by atoms with Crippen molar-refractivity contribution < 1.29 is 18.4 Å². The summed E-state index contributed by atoms with van der Waals surface area (Å²) in [6, 6.07) is 19.9. The molecule has 0 radical (unpaired) electrons. The van der Waals surface area contributed by atoms with Gasteiger partial charge in [-0.15, -0.1) is 0 Å². The number of fused-ring (bicyclic) bond motifs is 1. The molecule has 0 aliphatic rings. The van der Waals surface area contributed by atoms with Crippen molar-refractivity contribution >= 4 is 34.4 Å². The van der Waals surface area contributed by atoms with Gasteiger partial charge in [-0.3, -0.25) is 9.59 Å². The smallest absolute Gasteiger partial charge is 0.291 e. The zero-order valence-corrected chi connectivity index (χ0v) is 14.7. The quantitative estimate of drug-likeness (QED) is 0.508. The predicted octanol–water partition coefficient (Wildman–Crippen LogP) is 4.44. The molecule has 2 amide bonds. The highest BCUT2D eigenvalue weighted by Gasteiger charge is 2.17. The summed E-state index contributed by atoms with van der Waals surface area (Å²) in [5.41, 5.74) is 0.644. The topological polar surface area (TPSA) is 84.5 Å². The zero-order valence-electron chi connectivity index (χ0n) is 14.7. The second kappa shape index (κ2) is 7.67. The maximum Gasteiger partial charge on any atom is 0.291 e. The molecule has 2 aromatic carbocycles. The Bertz CT molecular complexity index is 1140. The Kier molecular flexibility index (Phi) is 4.76. The van der Waals surface area contributed by atoms with Gasteiger partial charge < -0.3 is 19.5 Å². The molecule has 6 nitrogen and oxygen atoms in total. The van der Waals surface area contributed by atoms with Crippen LogP contribution in [0, 0.1) is 0 Å². The van der Waals surface area contributed by atoms with E-state index in [2.05, 4.69) is 10.6 Å². The van der Waals surface area contributed by atoms with Gasteiger partial charge in [0.1, 0.15) is 11.5 Å². The van der Waals surface area contributed by atoms with E-state index in [9.17, 15) is 9.59 Å². The Morgan fingerprint density at radius 1 is 0.821 bits per heavy atom. The van der Waals surface area contributed by atoms with Gasteiger partial charge in [0.25, 0.3) is 11.8 Å². The van der Waals surface area contributed by atoms with Crippen LogP contribution in [0.2, 0.25) is 0 Å². The third-order valence-electron chi connectivity index (χ3n) is 4.07. The summed E-state index contributed by atoms with van der Waals surface area (Å²) in [5.74, 6) is -0.477. The van der Waals surface area contributed by atoms with Crippen molar-refractivity contribution in [2.45, 2.75) is 0 Å². The van der Waals surface area contributed by atoms with Crippen molar-refractivity contribution in [2.24, 2.45) is 0 Å². The number of carbonyl (C=O) groups excluding carboxylic acids is 2. The molecule has 138 valence electrons. The largest absolute Gasteiger partial charge is 0.465 e. The van der Waals surface area contributed by atoms with E-state index in [4.69, 9.17) is 8.83 Å². The Morgan fingerprint density at radius 2 is 1.61 bits per heavy atom. The Balaban J connectivity index is 1.59. The fourth-order valence-electron chi connectivity index (χ4n) is 2.73. The number of carbonyl (C=O) groups is 2. The molecule has 2 N–H and O–H groups in total. The lowest BCUT2D eigenvalue weighted by Crippen LogP contribution is -2.30. The van der Waals surface area contributed by atoms with Crippen LogP contribution in [0.15, 0.2) is 93.8 Å². The van der Waals surface area contributed by atoms with Crippen LogP contribution in [0.3, 0.4) is 0 Å². The Morgan fingerprint density at radius 3 is 2.36 bits per heavy atom. The van der Waals surface area contributed by atoms with Gasteiger partial charge in [-0.05, 0) is 47.2 Å². The van der Waals surface area contributed by atoms with Crippen LogP contribution in [0.5, 0.6) is 0 Å². The first-order valence-corrected chi connectivity index (χ1v) is 8.59. The first-order chi connectivity index (χ1) is 13.7. The van der Waals surface area contributed by atoms with Crippen LogP contribution in [0.25, 0.3) is 16.8 Å². The van der Waals surface area contributed by atoms with Crippen molar-refractivity contribution in [3.63, 3.8) is 0 Å². The average Bonchev–Trinajstić information content (AvgIpc) is 3.41. The molecule has 4 rings (SSSR count). The van der Waals surface area contributed by atoms with Crippen LogP contribution in [0.4, 0.5) is 5.69 Å². The minimum Gasteiger partial charge on any atom is -0.465 e. The predicted molar refractivity (Wildman–Crippen MR) is 105 cm³/mol. The number of benzene rings is 2. The van der Waals surface area contributed by atoms with Crippen LogP contribution in [-0.4, -0.2) is 11.8 Å².